The van der Waals surface area contributed by atoms with Crippen molar-refractivity contribution in [3.8, 4) is 0 Å². The lowest BCUT2D eigenvalue weighted by Gasteiger charge is -2.26. The summed E-state index contributed by atoms with van der Waals surface area (Å²) in [5, 5.41) is 4.23. The SMILES string of the molecule is CCCC1(C(=O)c2ccc(Cl)c(Cl)c2)CCNC1.Cl. The number of hydrogen-bond donors (Lipinski definition) is 1. The van der Waals surface area contributed by atoms with Crippen molar-refractivity contribution < 1.29 is 4.79 Å². The van der Waals surface area contributed by atoms with Crippen molar-refractivity contribution in [3.05, 3.63) is 33.8 Å². The average Bonchev–Trinajstić information content (AvgIpc) is 2.82. The molecule has 1 saturated heterocycles. The maximum absolute atomic E-state index is 12.7. The summed E-state index contributed by atoms with van der Waals surface area (Å²) in [5.74, 6) is 0.188. The van der Waals surface area contributed by atoms with Gasteiger partial charge in [-0.3, -0.25) is 4.79 Å². The van der Waals surface area contributed by atoms with E-state index in [2.05, 4.69) is 12.2 Å². The van der Waals surface area contributed by atoms with Gasteiger partial charge in [0, 0.05) is 17.5 Å². The molecule has 1 aliphatic rings. The highest BCUT2D eigenvalue weighted by Gasteiger charge is 2.40. The second-order valence-corrected chi connectivity index (χ2v) is 5.73. The number of ketones is 1. The highest BCUT2D eigenvalue weighted by atomic mass is 35.5. The molecule has 1 N–H and O–H groups in total. The van der Waals surface area contributed by atoms with Gasteiger partial charge in [-0.2, -0.15) is 0 Å². The molecule has 1 fully saturated rings. The minimum Gasteiger partial charge on any atom is -0.316 e. The van der Waals surface area contributed by atoms with Gasteiger partial charge >= 0.3 is 0 Å². The second kappa shape index (κ2) is 6.94. The number of nitrogens with one attached hydrogen (secondary N) is 1. The summed E-state index contributed by atoms with van der Waals surface area (Å²) in [5.41, 5.74) is 0.410. The Balaban J connectivity index is 0.00000180. The molecule has 1 atom stereocenters. The number of hydrogen-bond acceptors (Lipinski definition) is 2. The van der Waals surface area contributed by atoms with Crippen LogP contribution in [-0.2, 0) is 0 Å². The van der Waals surface area contributed by atoms with Crippen LogP contribution in [0.4, 0.5) is 0 Å². The van der Waals surface area contributed by atoms with Crippen LogP contribution in [-0.4, -0.2) is 18.9 Å². The molecule has 2 nitrogen and oxygen atoms in total. The molecule has 1 aromatic carbocycles. The molecule has 19 heavy (non-hydrogen) atoms. The van der Waals surface area contributed by atoms with Crippen LogP contribution in [0, 0.1) is 5.41 Å². The highest BCUT2D eigenvalue weighted by molar-refractivity contribution is 6.42. The summed E-state index contributed by atoms with van der Waals surface area (Å²) in [6.07, 6.45) is 2.83. The van der Waals surface area contributed by atoms with Gasteiger partial charge < -0.3 is 5.32 Å². The summed E-state index contributed by atoms with van der Waals surface area (Å²) in [6.45, 7) is 3.79. The third-order valence-electron chi connectivity index (χ3n) is 3.64. The maximum Gasteiger partial charge on any atom is 0.170 e. The highest BCUT2D eigenvalue weighted by Crippen LogP contribution is 2.36. The molecule has 1 unspecified atom stereocenters. The van der Waals surface area contributed by atoms with E-state index in [1.807, 2.05) is 0 Å². The normalized spacial score (nSPS) is 22.1. The van der Waals surface area contributed by atoms with Crippen molar-refractivity contribution in [2.24, 2.45) is 5.41 Å². The van der Waals surface area contributed by atoms with Crippen LogP contribution in [0.2, 0.25) is 10.0 Å². The van der Waals surface area contributed by atoms with Gasteiger partial charge in [0.15, 0.2) is 5.78 Å². The van der Waals surface area contributed by atoms with Crippen molar-refractivity contribution in [1.82, 2.24) is 5.32 Å². The zero-order valence-electron chi connectivity index (χ0n) is 10.8. The first kappa shape index (κ1) is 16.8. The zero-order valence-corrected chi connectivity index (χ0v) is 13.2. The molecule has 5 heteroatoms. The van der Waals surface area contributed by atoms with Gasteiger partial charge in [0.1, 0.15) is 0 Å². The van der Waals surface area contributed by atoms with Crippen molar-refractivity contribution in [2.45, 2.75) is 26.2 Å². The van der Waals surface area contributed by atoms with Crippen LogP contribution in [0.15, 0.2) is 18.2 Å². The molecule has 1 heterocycles. The van der Waals surface area contributed by atoms with Crippen LogP contribution in [0.1, 0.15) is 36.5 Å². The van der Waals surface area contributed by atoms with Gasteiger partial charge in [0.05, 0.1) is 10.0 Å². The number of Topliss-reactive ketones (excluding diaryl/α,β-unsaturated/α-hetero) is 1. The molecular weight excluding hydrogens is 305 g/mol. The van der Waals surface area contributed by atoms with Crippen LogP contribution in [0.3, 0.4) is 0 Å². The third-order valence-corrected chi connectivity index (χ3v) is 4.37. The van der Waals surface area contributed by atoms with E-state index in [0.29, 0.717) is 15.6 Å². The fourth-order valence-corrected chi connectivity index (χ4v) is 2.98. The predicted molar refractivity (Wildman–Crippen MR) is 82.9 cm³/mol. The number of carbonyl (C=O) groups excluding carboxylic acids is 1. The lowest BCUT2D eigenvalue weighted by molar-refractivity contribution is 0.0802. The molecule has 2 rings (SSSR count). The number of halogens is 3. The Kier molecular flexibility index (Phi) is 6.13. The molecule has 0 aromatic heterocycles. The topological polar surface area (TPSA) is 29.1 Å². The standard InChI is InChI=1S/C14H17Cl2NO.ClH/c1-2-5-14(6-7-17-9-14)13(18)10-3-4-11(15)12(16)8-10;/h3-4,8,17H,2,5-7,9H2,1H3;1H. The van der Waals surface area contributed by atoms with Crippen LogP contribution >= 0.6 is 35.6 Å². The van der Waals surface area contributed by atoms with Crippen molar-refractivity contribution in [3.63, 3.8) is 0 Å². The fourth-order valence-electron chi connectivity index (χ4n) is 2.69. The van der Waals surface area contributed by atoms with Gasteiger partial charge in [-0.25, -0.2) is 0 Å². The lowest BCUT2D eigenvalue weighted by atomic mass is 9.76. The first-order chi connectivity index (χ1) is 8.59. The van der Waals surface area contributed by atoms with Gasteiger partial charge in [0.25, 0.3) is 0 Å². The Morgan fingerprint density at radius 3 is 2.63 bits per heavy atom. The Morgan fingerprint density at radius 1 is 1.37 bits per heavy atom. The first-order valence-electron chi connectivity index (χ1n) is 6.29. The predicted octanol–water partition coefficient (Wildman–Crippen LogP) is 4.38. The van der Waals surface area contributed by atoms with Crippen molar-refractivity contribution in [2.75, 3.05) is 13.1 Å². The van der Waals surface area contributed by atoms with Crippen LogP contribution in [0.25, 0.3) is 0 Å². The van der Waals surface area contributed by atoms with Crippen molar-refractivity contribution >= 4 is 41.4 Å². The smallest absolute Gasteiger partial charge is 0.170 e. The molecule has 1 aliphatic heterocycles. The number of benzene rings is 1. The Morgan fingerprint density at radius 2 is 2.11 bits per heavy atom. The van der Waals surface area contributed by atoms with E-state index in [9.17, 15) is 4.79 Å². The summed E-state index contributed by atoms with van der Waals surface area (Å²) in [4.78, 5) is 12.7. The van der Waals surface area contributed by atoms with Gasteiger partial charge in [-0.15, -0.1) is 12.4 Å². The quantitative estimate of drug-likeness (QED) is 0.834. The Hall–Kier alpha value is -0.280. The minimum atomic E-state index is -0.258. The fraction of sp³-hybridized carbons (Fsp3) is 0.500. The molecule has 0 radical (unpaired) electrons. The molecule has 1 aromatic rings. The second-order valence-electron chi connectivity index (χ2n) is 4.92. The molecule has 0 saturated carbocycles. The molecule has 0 amide bonds. The summed E-state index contributed by atoms with van der Waals surface area (Å²) < 4.78 is 0. The summed E-state index contributed by atoms with van der Waals surface area (Å²) >= 11 is 11.9. The van der Waals surface area contributed by atoms with E-state index in [1.54, 1.807) is 18.2 Å². The molecular formula is C14H18Cl3NO. The Bertz CT molecular complexity index is 456. The average molecular weight is 323 g/mol. The minimum absolute atomic E-state index is 0. The van der Waals surface area contributed by atoms with E-state index < -0.39 is 0 Å². The Labute approximate surface area is 130 Å². The summed E-state index contributed by atoms with van der Waals surface area (Å²) in [7, 11) is 0. The van der Waals surface area contributed by atoms with E-state index in [-0.39, 0.29) is 23.6 Å². The van der Waals surface area contributed by atoms with Gasteiger partial charge in [-0.1, -0.05) is 36.5 Å². The van der Waals surface area contributed by atoms with Gasteiger partial charge in [-0.05, 0) is 37.6 Å². The zero-order chi connectivity index (χ0) is 13.2. The van der Waals surface area contributed by atoms with E-state index in [0.717, 1.165) is 32.4 Å². The first-order valence-corrected chi connectivity index (χ1v) is 7.05. The van der Waals surface area contributed by atoms with E-state index >= 15 is 0 Å². The largest absolute Gasteiger partial charge is 0.316 e. The molecule has 0 bridgehead atoms. The number of carbonyl (C=O) groups is 1. The summed E-state index contributed by atoms with van der Waals surface area (Å²) in [6, 6.07) is 5.15. The van der Waals surface area contributed by atoms with Crippen LogP contribution < -0.4 is 5.32 Å². The lowest BCUT2D eigenvalue weighted by Crippen LogP contribution is -2.33. The molecule has 0 aliphatic carbocycles. The molecule has 0 spiro atoms. The van der Waals surface area contributed by atoms with E-state index in [1.165, 1.54) is 0 Å². The van der Waals surface area contributed by atoms with Gasteiger partial charge in [0.2, 0.25) is 0 Å². The maximum atomic E-state index is 12.7. The monoisotopic (exact) mass is 321 g/mol. The molecule has 106 valence electrons. The van der Waals surface area contributed by atoms with Crippen LogP contribution in [0.5, 0.6) is 0 Å². The number of rotatable bonds is 4. The van der Waals surface area contributed by atoms with Crippen molar-refractivity contribution in [1.29, 1.82) is 0 Å². The third kappa shape index (κ3) is 3.43. The van der Waals surface area contributed by atoms with E-state index in [4.69, 9.17) is 23.2 Å².